The van der Waals surface area contributed by atoms with E-state index in [0.717, 1.165) is 40.8 Å². The minimum Gasteiger partial charge on any atom is -0.392 e. The Balaban J connectivity index is 2.06. The highest BCUT2D eigenvalue weighted by Crippen LogP contribution is 2.22. The van der Waals surface area contributed by atoms with Gasteiger partial charge in [-0.1, -0.05) is 56.3 Å². The van der Waals surface area contributed by atoms with Crippen LogP contribution < -0.4 is 10.6 Å². The van der Waals surface area contributed by atoms with Crippen LogP contribution in [0.25, 0.3) is 0 Å². The minimum atomic E-state index is -0.228. The Morgan fingerprint density at radius 1 is 0.913 bits per heavy atom. The predicted molar refractivity (Wildman–Crippen MR) is 93.4 cm³/mol. The lowest BCUT2D eigenvalue weighted by Crippen LogP contribution is -2.29. The second-order valence-electron chi connectivity index (χ2n) is 5.39. The number of para-hydroxylation sites is 1. The Kier molecular flexibility index (Phi) is 6.18. The number of nitrogens with one attached hydrogen (secondary N) is 2. The van der Waals surface area contributed by atoms with Gasteiger partial charge in [0.15, 0.2) is 0 Å². The molecule has 0 aliphatic carbocycles. The van der Waals surface area contributed by atoms with Crippen LogP contribution in [0.5, 0.6) is 0 Å². The van der Waals surface area contributed by atoms with Gasteiger partial charge < -0.3 is 15.7 Å². The molecule has 0 spiro atoms. The number of amides is 2. The van der Waals surface area contributed by atoms with Gasteiger partial charge >= 0.3 is 6.03 Å². The molecule has 0 aliphatic heterocycles. The molecule has 0 heterocycles. The molecule has 0 radical (unpaired) electrons. The topological polar surface area (TPSA) is 61.4 Å². The van der Waals surface area contributed by atoms with E-state index in [1.54, 1.807) is 0 Å². The summed E-state index contributed by atoms with van der Waals surface area (Å²) in [5.41, 5.74) is 4.93. The highest BCUT2D eigenvalue weighted by Gasteiger charge is 2.10. The van der Waals surface area contributed by atoms with Crippen molar-refractivity contribution in [3.8, 4) is 0 Å². The zero-order chi connectivity index (χ0) is 16.7. The van der Waals surface area contributed by atoms with E-state index in [9.17, 15) is 9.90 Å². The number of aliphatic hydroxyl groups is 1. The molecule has 2 amide bonds. The van der Waals surface area contributed by atoms with E-state index in [1.165, 1.54) is 0 Å². The van der Waals surface area contributed by atoms with E-state index in [1.807, 2.05) is 42.5 Å². The van der Waals surface area contributed by atoms with Crippen molar-refractivity contribution in [3.63, 3.8) is 0 Å². The predicted octanol–water partition coefficient (Wildman–Crippen LogP) is 3.63. The fraction of sp³-hybridized carbons (Fsp3) is 0.316. The number of hydrogen-bond donors (Lipinski definition) is 3. The molecule has 0 bridgehead atoms. The van der Waals surface area contributed by atoms with Crippen LogP contribution in [0.15, 0.2) is 42.5 Å². The van der Waals surface area contributed by atoms with E-state index < -0.39 is 0 Å². The molecule has 0 aromatic heterocycles. The van der Waals surface area contributed by atoms with Gasteiger partial charge in [0.1, 0.15) is 0 Å². The fourth-order valence-corrected chi connectivity index (χ4v) is 2.62. The number of rotatable bonds is 6. The Labute approximate surface area is 137 Å². The lowest BCUT2D eigenvalue weighted by Gasteiger charge is -2.15. The van der Waals surface area contributed by atoms with Crippen molar-refractivity contribution in [3.05, 3.63) is 64.7 Å². The van der Waals surface area contributed by atoms with Crippen LogP contribution in [0.3, 0.4) is 0 Å². The van der Waals surface area contributed by atoms with Crippen molar-refractivity contribution in [1.29, 1.82) is 0 Å². The molecule has 0 aliphatic rings. The molecule has 122 valence electrons. The summed E-state index contributed by atoms with van der Waals surface area (Å²) in [5, 5.41) is 15.2. The Bertz CT molecular complexity index is 646. The van der Waals surface area contributed by atoms with Gasteiger partial charge in [0.2, 0.25) is 0 Å². The lowest BCUT2D eigenvalue weighted by atomic mass is 10.0. The van der Waals surface area contributed by atoms with Crippen molar-refractivity contribution in [2.45, 2.75) is 39.8 Å². The molecule has 4 heteroatoms. The van der Waals surface area contributed by atoms with Gasteiger partial charge in [-0.25, -0.2) is 4.79 Å². The highest BCUT2D eigenvalue weighted by molar-refractivity contribution is 5.91. The third-order valence-electron chi connectivity index (χ3n) is 3.97. The summed E-state index contributed by atoms with van der Waals surface area (Å²) in [6.07, 6.45) is 1.74. The molecule has 2 rings (SSSR count). The molecule has 0 saturated carbocycles. The third kappa shape index (κ3) is 4.33. The second-order valence-corrected chi connectivity index (χ2v) is 5.39. The molecule has 4 nitrogen and oxygen atoms in total. The van der Waals surface area contributed by atoms with Crippen LogP contribution in [0, 0.1) is 0 Å². The van der Waals surface area contributed by atoms with E-state index in [-0.39, 0.29) is 12.6 Å². The first-order chi connectivity index (χ1) is 11.2. The average molecular weight is 312 g/mol. The zero-order valence-electron chi connectivity index (χ0n) is 13.7. The first kappa shape index (κ1) is 17.0. The Morgan fingerprint density at radius 2 is 1.48 bits per heavy atom. The van der Waals surface area contributed by atoms with Gasteiger partial charge in [-0.2, -0.15) is 0 Å². The summed E-state index contributed by atoms with van der Waals surface area (Å²) in [7, 11) is 0. The van der Waals surface area contributed by atoms with Crippen LogP contribution in [0.2, 0.25) is 0 Å². The van der Waals surface area contributed by atoms with Crippen molar-refractivity contribution in [2.24, 2.45) is 0 Å². The summed E-state index contributed by atoms with van der Waals surface area (Å²) < 4.78 is 0. The molecule has 23 heavy (non-hydrogen) atoms. The first-order valence-electron chi connectivity index (χ1n) is 8.02. The van der Waals surface area contributed by atoms with Crippen molar-refractivity contribution in [1.82, 2.24) is 5.32 Å². The summed E-state index contributed by atoms with van der Waals surface area (Å²) in [4.78, 5) is 12.2. The molecular formula is C19H24N2O2. The van der Waals surface area contributed by atoms with E-state index >= 15 is 0 Å². The van der Waals surface area contributed by atoms with Crippen molar-refractivity contribution >= 4 is 11.7 Å². The normalized spacial score (nSPS) is 10.4. The van der Waals surface area contributed by atoms with Gasteiger partial charge in [-0.15, -0.1) is 0 Å². The maximum Gasteiger partial charge on any atom is 0.319 e. The minimum absolute atomic E-state index is 0.0296. The van der Waals surface area contributed by atoms with E-state index in [4.69, 9.17) is 0 Å². The smallest absolute Gasteiger partial charge is 0.319 e. The number of anilines is 1. The van der Waals surface area contributed by atoms with Crippen LogP contribution in [-0.4, -0.2) is 11.1 Å². The number of carbonyl (C=O) groups is 1. The monoisotopic (exact) mass is 312 g/mol. The molecule has 0 unspecified atom stereocenters. The molecule has 3 N–H and O–H groups in total. The number of aliphatic hydroxyl groups excluding tert-OH is 1. The molecule has 2 aromatic rings. The van der Waals surface area contributed by atoms with Crippen LogP contribution in [0.4, 0.5) is 10.5 Å². The van der Waals surface area contributed by atoms with Crippen molar-refractivity contribution < 1.29 is 9.90 Å². The highest BCUT2D eigenvalue weighted by atomic mass is 16.3. The second kappa shape index (κ2) is 8.34. The quantitative estimate of drug-likeness (QED) is 0.763. The van der Waals surface area contributed by atoms with Gasteiger partial charge in [0.05, 0.1) is 6.61 Å². The molecule has 0 atom stereocenters. The number of hydrogen-bond acceptors (Lipinski definition) is 2. The third-order valence-corrected chi connectivity index (χ3v) is 3.97. The Morgan fingerprint density at radius 3 is 2.04 bits per heavy atom. The first-order valence-corrected chi connectivity index (χ1v) is 8.02. The Hall–Kier alpha value is -2.33. The zero-order valence-corrected chi connectivity index (χ0v) is 13.7. The van der Waals surface area contributed by atoms with Gasteiger partial charge in [-0.05, 0) is 35.1 Å². The van der Waals surface area contributed by atoms with Gasteiger partial charge in [-0.3, -0.25) is 0 Å². The summed E-state index contributed by atoms with van der Waals surface area (Å²) in [6, 6.07) is 13.4. The summed E-state index contributed by atoms with van der Waals surface area (Å²) in [5.74, 6) is 0. The summed E-state index contributed by atoms with van der Waals surface area (Å²) in [6.45, 7) is 4.52. The van der Waals surface area contributed by atoms with Gasteiger partial charge in [0.25, 0.3) is 0 Å². The molecule has 0 saturated heterocycles. The number of benzene rings is 2. The SMILES string of the molecule is CCc1cccc(CC)c1NC(=O)NCc1ccccc1CO. The maximum absolute atomic E-state index is 12.2. The standard InChI is InChI=1S/C19H24N2O2/c1-3-14-10-7-11-15(4-2)18(14)21-19(23)20-12-16-8-5-6-9-17(16)13-22/h5-11,22H,3-4,12-13H2,1-2H3,(H2,20,21,23). The fourth-order valence-electron chi connectivity index (χ4n) is 2.62. The van der Waals surface area contributed by atoms with Crippen molar-refractivity contribution in [2.75, 3.05) is 5.32 Å². The van der Waals surface area contributed by atoms with Gasteiger partial charge in [0, 0.05) is 12.2 Å². The molecule has 0 fully saturated rings. The summed E-state index contributed by atoms with van der Waals surface area (Å²) >= 11 is 0. The van der Waals surface area contributed by atoms with Crippen LogP contribution in [-0.2, 0) is 26.0 Å². The largest absolute Gasteiger partial charge is 0.392 e. The molecular weight excluding hydrogens is 288 g/mol. The van der Waals surface area contributed by atoms with E-state index in [2.05, 4.69) is 24.5 Å². The number of aryl methyl sites for hydroxylation is 2. The maximum atomic E-state index is 12.2. The van der Waals surface area contributed by atoms with E-state index in [0.29, 0.717) is 6.54 Å². The lowest BCUT2D eigenvalue weighted by molar-refractivity contribution is 0.251. The van der Waals surface area contributed by atoms with Crippen LogP contribution >= 0.6 is 0 Å². The number of urea groups is 1. The average Bonchev–Trinajstić information content (AvgIpc) is 2.60. The number of carbonyl (C=O) groups excluding carboxylic acids is 1. The molecule has 2 aromatic carbocycles. The van der Waals surface area contributed by atoms with Crippen LogP contribution in [0.1, 0.15) is 36.1 Å².